The molecule has 0 spiro atoms. The van der Waals surface area contributed by atoms with E-state index in [2.05, 4.69) is 26.5 Å². The maximum atomic E-state index is 12.3. The molecule has 3 N–H and O–H groups in total. The van der Waals surface area contributed by atoms with Crippen LogP contribution in [0.25, 0.3) is 33.3 Å². The number of nitrogens with one attached hydrogen (secondary N) is 2. The van der Waals surface area contributed by atoms with Gasteiger partial charge in [-0.25, -0.2) is 4.98 Å². The van der Waals surface area contributed by atoms with Crippen molar-refractivity contribution in [2.75, 3.05) is 0 Å². The highest BCUT2D eigenvalue weighted by molar-refractivity contribution is 5.92. The fourth-order valence-electron chi connectivity index (χ4n) is 3.40. The van der Waals surface area contributed by atoms with Crippen LogP contribution in [0, 0.1) is 0 Å². The molecule has 3 heterocycles. The first-order valence-electron chi connectivity index (χ1n) is 9.75. The lowest BCUT2D eigenvalue weighted by atomic mass is 9.98. The molecule has 0 aliphatic rings. The number of benzene rings is 1. The van der Waals surface area contributed by atoms with E-state index in [9.17, 15) is 9.90 Å². The normalized spacial score (nSPS) is 12.3. The van der Waals surface area contributed by atoms with Gasteiger partial charge in [-0.2, -0.15) is 10.2 Å². The molecule has 0 amide bonds. The smallest absolute Gasteiger partial charge is 0.137 e. The van der Waals surface area contributed by atoms with E-state index in [0.29, 0.717) is 25.7 Å². The Hall–Kier alpha value is -3.32. The summed E-state index contributed by atoms with van der Waals surface area (Å²) in [6, 6.07) is 7.98. The number of nitrogens with zero attached hydrogens (tertiary/aromatic N) is 3. The molecule has 0 bridgehead atoms. The van der Waals surface area contributed by atoms with Gasteiger partial charge in [0.15, 0.2) is 0 Å². The van der Waals surface area contributed by atoms with Crippen molar-refractivity contribution in [3.63, 3.8) is 0 Å². The number of H-pyrrole nitrogens is 2. The summed E-state index contributed by atoms with van der Waals surface area (Å²) >= 11 is 0. The molecule has 0 saturated heterocycles. The Balaban J connectivity index is 1.66. The molecule has 1 atom stereocenters. The number of Topliss-reactive ketones (excluding diaryl/α,β-unsaturated/α-hetero) is 1. The Labute approximate surface area is 168 Å². The maximum absolute atomic E-state index is 12.3. The zero-order chi connectivity index (χ0) is 20.2. The second kappa shape index (κ2) is 8.36. The third-order valence-electron chi connectivity index (χ3n) is 5.09. The van der Waals surface area contributed by atoms with Gasteiger partial charge in [0, 0.05) is 47.3 Å². The van der Waals surface area contributed by atoms with Gasteiger partial charge >= 0.3 is 0 Å². The van der Waals surface area contributed by atoms with Crippen LogP contribution in [-0.4, -0.2) is 42.4 Å². The summed E-state index contributed by atoms with van der Waals surface area (Å²) in [7, 11) is 0. The van der Waals surface area contributed by atoms with E-state index in [1.807, 2.05) is 37.5 Å². The molecule has 4 aromatic rings. The Kier molecular flexibility index (Phi) is 5.48. The highest BCUT2D eigenvalue weighted by atomic mass is 16.3. The molecule has 0 radical (unpaired) electrons. The molecule has 1 aromatic carbocycles. The molecule has 3 aromatic heterocycles. The minimum atomic E-state index is -0.404. The summed E-state index contributed by atoms with van der Waals surface area (Å²) in [5, 5.41) is 24.4. The van der Waals surface area contributed by atoms with Crippen molar-refractivity contribution in [3.05, 3.63) is 54.6 Å². The SMILES string of the molecule is CCC(O)CCC(=O)Cc1ccc2nc(-c3cn[nH]c3)c(-c3cn[nH]c3)cc2c1. The summed E-state index contributed by atoms with van der Waals surface area (Å²) in [4.78, 5) is 17.1. The Morgan fingerprint density at radius 3 is 2.55 bits per heavy atom. The van der Waals surface area contributed by atoms with E-state index in [0.717, 1.165) is 38.9 Å². The standard InChI is InChI=1S/C22H23N5O2/c1-2-18(28)4-5-19(29)8-14-3-6-21-15(7-14)9-20(16-10-23-24-11-16)22(27-21)17-12-25-26-13-17/h3,6-7,9-13,18,28H,2,4-5,8H2,1H3,(H,23,24)(H,25,26). The van der Waals surface area contributed by atoms with Crippen molar-refractivity contribution in [3.8, 4) is 22.4 Å². The largest absolute Gasteiger partial charge is 0.393 e. The number of aliphatic hydroxyl groups excluding tert-OH is 1. The number of pyridine rings is 1. The molecule has 0 aliphatic heterocycles. The predicted molar refractivity (Wildman–Crippen MR) is 111 cm³/mol. The molecule has 0 aliphatic carbocycles. The Bertz CT molecular complexity index is 1100. The highest BCUT2D eigenvalue weighted by Crippen LogP contribution is 2.32. The average Bonchev–Trinajstić information content (AvgIpc) is 3.45. The monoisotopic (exact) mass is 389 g/mol. The molecule has 7 heteroatoms. The molecule has 7 nitrogen and oxygen atoms in total. The van der Waals surface area contributed by atoms with Crippen LogP contribution in [0.3, 0.4) is 0 Å². The van der Waals surface area contributed by atoms with Gasteiger partial charge < -0.3 is 5.11 Å². The second-order valence-electron chi connectivity index (χ2n) is 7.20. The lowest BCUT2D eigenvalue weighted by Crippen LogP contribution is -2.10. The van der Waals surface area contributed by atoms with Crippen LogP contribution in [0.4, 0.5) is 0 Å². The number of hydrogen-bond acceptors (Lipinski definition) is 5. The summed E-state index contributed by atoms with van der Waals surface area (Å²) in [6.07, 6.45) is 8.69. The number of aliphatic hydroxyl groups is 1. The van der Waals surface area contributed by atoms with Crippen LogP contribution in [0.1, 0.15) is 31.7 Å². The predicted octanol–water partition coefficient (Wildman–Crippen LogP) is 3.68. The molecule has 4 rings (SSSR count). The summed E-state index contributed by atoms with van der Waals surface area (Å²) in [6.45, 7) is 1.92. The highest BCUT2D eigenvalue weighted by Gasteiger charge is 2.14. The summed E-state index contributed by atoms with van der Waals surface area (Å²) in [5.74, 6) is 0.134. The second-order valence-corrected chi connectivity index (χ2v) is 7.20. The van der Waals surface area contributed by atoms with E-state index in [4.69, 9.17) is 4.98 Å². The fourth-order valence-corrected chi connectivity index (χ4v) is 3.40. The first-order chi connectivity index (χ1) is 14.1. The number of ketones is 1. The van der Waals surface area contributed by atoms with E-state index in [-0.39, 0.29) is 5.78 Å². The van der Waals surface area contributed by atoms with Gasteiger partial charge in [-0.1, -0.05) is 13.0 Å². The minimum absolute atomic E-state index is 0.134. The fraction of sp³-hybridized carbons (Fsp3) is 0.273. The topological polar surface area (TPSA) is 108 Å². The third-order valence-corrected chi connectivity index (χ3v) is 5.09. The number of aromatic amines is 2. The summed E-state index contributed by atoms with van der Waals surface area (Å²) < 4.78 is 0. The first-order valence-corrected chi connectivity index (χ1v) is 9.75. The van der Waals surface area contributed by atoms with Gasteiger partial charge in [-0.3, -0.25) is 15.0 Å². The van der Waals surface area contributed by atoms with Crippen molar-refractivity contribution >= 4 is 16.7 Å². The van der Waals surface area contributed by atoms with Crippen LogP contribution < -0.4 is 0 Å². The Morgan fingerprint density at radius 2 is 1.86 bits per heavy atom. The molecular weight excluding hydrogens is 366 g/mol. The lowest BCUT2D eigenvalue weighted by Gasteiger charge is -2.10. The number of hydrogen-bond donors (Lipinski definition) is 3. The number of carbonyl (C=O) groups excluding carboxylic acids is 1. The number of aromatic nitrogens is 5. The molecular formula is C22H23N5O2. The van der Waals surface area contributed by atoms with Gasteiger partial charge in [0.1, 0.15) is 5.78 Å². The zero-order valence-electron chi connectivity index (χ0n) is 16.2. The van der Waals surface area contributed by atoms with Crippen molar-refractivity contribution in [2.24, 2.45) is 0 Å². The minimum Gasteiger partial charge on any atom is -0.393 e. The molecule has 0 fully saturated rings. The van der Waals surface area contributed by atoms with E-state index >= 15 is 0 Å². The van der Waals surface area contributed by atoms with Crippen LogP contribution in [0.2, 0.25) is 0 Å². The molecule has 0 saturated carbocycles. The zero-order valence-corrected chi connectivity index (χ0v) is 16.2. The van der Waals surface area contributed by atoms with E-state index in [1.54, 1.807) is 12.4 Å². The van der Waals surface area contributed by atoms with Crippen molar-refractivity contribution in [2.45, 2.75) is 38.7 Å². The number of rotatable bonds is 8. The van der Waals surface area contributed by atoms with E-state index in [1.165, 1.54) is 0 Å². The average molecular weight is 389 g/mol. The molecule has 1 unspecified atom stereocenters. The quantitative estimate of drug-likeness (QED) is 0.426. The number of fused-ring (bicyclic) bond motifs is 1. The number of carbonyl (C=O) groups is 1. The van der Waals surface area contributed by atoms with Crippen molar-refractivity contribution < 1.29 is 9.90 Å². The lowest BCUT2D eigenvalue weighted by molar-refractivity contribution is -0.119. The maximum Gasteiger partial charge on any atom is 0.137 e. The third kappa shape index (κ3) is 4.25. The van der Waals surface area contributed by atoms with Gasteiger partial charge in [0.25, 0.3) is 0 Å². The van der Waals surface area contributed by atoms with Crippen molar-refractivity contribution in [1.29, 1.82) is 0 Å². The van der Waals surface area contributed by atoms with Gasteiger partial charge in [0.2, 0.25) is 0 Å². The van der Waals surface area contributed by atoms with Gasteiger partial charge in [-0.05, 0) is 36.6 Å². The molecule has 148 valence electrons. The van der Waals surface area contributed by atoms with Gasteiger partial charge in [0.05, 0.1) is 29.7 Å². The molecule has 29 heavy (non-hydrogen) atoms. The Morgan fingerprint density at radius 1 is 1.10 bits per heavy atom. The van der Waals surface area contributed by atoms with Crippen molar-refractivity contribution in [1.82, 2.24) is 25.4 Å². The van der Waals surface area contributed by atoms with Crippen LogP contribution in [0.15, 0.2) is 49.1 Å². The van der Waals surface area contributed by atoms with Gasteiger partial charge in [-0.15, -0.1) is 0 Å². The van der Waals surface area contributed by atoms with Crippen LogP contribution in [-0.2, 0) is 11.2 Å². The van der Waals surface area contributed by atoms with E-state index < -0.39 is 6.10 Å². The first kappa shape index (κ1) is 19.0. The van der Waals surface area contributed by atoms with Crippen LogP contribution >= 0.6 is 0 Å². The van der Waals surface area contributed by atoms with Crippen LogP contribution in [0.5, 0.6) is 0 Å². The summed E-state index contributed by atoms with van der Waals surface area (Å²) in [5.41, 5.74) is 5.41.